The van der Waals surface area contributed by atoms with Crippen molar-refractivity contribution in [3.8, 4) is 0 Å². The third-order valence-corrected chi connectivity index (χ3v) is 9.67. The number of aryl methyl sites for hydroxylation is 1. The number of fused-ring (bicyclic) bond motifs is 2. The fraction of sp³-hybridized carbons (Fsp3) is 0.708. The van der Waals surface area contributed by atoms with Gasteiger partial charge in [-0.05, 0) is 81.3 Å². The van der Waals surface area contributed by atoms with Crippen LogP contribution in [-0.2, 0) is 11.4 Å². The molecular weight excluding hydrogens is 394 g/mol. The number of hydrogen-bond acceptors (Lipinski definition) is 3. The van der Waals surface area contributed by atoms with Crippen molar-refractivity contribution in [2.75, 3.05) is 19.6 Å². The average molecular weight is 430 g/mol. The van der Waals surface area contributed by atoms with Crippen LogP contribution >= 0.6 is 0 Å². The van der Waals surface area contributed by atoms with Crippen molar-refractivity contribution in [1.29, 1.82) is 0 Å². The van der Waals surface area contributed by atoms with E-state index in [9.17, 15) is 9.35 Å². The van der Waals surface area contributed by atoms with Crippen molar-refractivity contribution in [3.05, 3.63) is 29.8 Å². The fourth-order valence-corrected chi connectivity index (χ4v) is 8.04. The molecule has 0 spiro atoms. The number of carbonyl (C=O) groups is 1. The van der Waals surface area contributed by atoms with Crippen LogP contribution in [0.1, 0.15) is 56.9 Å². The van der Waals surface area contributed by atoms with Crippen LogP contribution in [0, 0.1) is 30.6 Å². The molecule has 3 bridgehead atoms. The van der Waals surface area contributed by atoms with Gasteiger partial charge in [0.1, 0.15) is 0 Å². The fourth-order valence-electron chi connectivity index (χ4n) is 6.75. The van der Waals surface area contributed by atoms with E-state index in [2.05, 4.69) is 10.6 Å². The van der Waals surface area contributed by atoms with Gasteiger partial charge in [-0.15, -0.1) is 4.31 Å². The minimum atomic E-state index is -1.11. The van der Waals surface area contributed by atoms with E-state index in [1.165, 1.54) is 44.1 Å². The Balaban J connectivity index is 1.12. The van der Waals surface area contributed by atoms with E-state index in [1.54, 1.807) is 0 Å². The number of carbonyl (C=O) groups excluding carboxylic acids is 1. The van der Waals surface area contributed by atoms with E-state index in [4.69, 9.17) is 0 Å². The van der Waals surface area contributed by atoms with E-state index in [1.807, 2.05) is 35.5 Å². The van der Waals surface area contributed by atoms with Crippen molar-refractivity contribution in [2.24, 2.45) is 23.7 Å². The van der Waals surface area contributed by atoms with E-state index in [0.29, 0.717) is 18.4 Å². The topological polar surface area (TPSA) is 67.4 Å². The molecule has 4 fully saturated rings. The molecule has 3 aliphatic carbocycles. The zero-order valence-corrected chi connectivity index (χ0v) is 18.9. The Kier molecular flexibility index (Phi) is 5.76. The van der Waals surface area contributed by atoms with Gasteiger partial charge >= 0.3 is 6.03 Å². The molecule has 1 aliphatic heterocycles. The zero-order valence-electron chi connectivity index (χ0n) is 18.1. The summed E-state index contributed by atoms with van der Waals surface area (Å²) < 4.78 is 14.9. The molecule has 2 amide bonds. The van der Waals surface area contributed by atoms with Gasteiger partial charge in [0, 0.05) is 25.2 Å². The second-order valence-corrected chi connectivity index (χ2v) is 11.8. The van der Waals surface area contributed by atoms with Crippen molar-refractivity contribution in [3.63, 3.8) is 0 Å². The summed E-state index contributed by atoms with van der Waals surface area (Å²) in [5, 5.41) is 6.62. The molecule has 5 nitrogen and oxygen atoms in total. The minimum absolute atomic E-state index is 0.0131. The Morgan fingerprint density at radius 3 is 2.83 bits per heavy atom. The number of nitrogens with one attached hydrogen (secondary N) is 2. The predicted molar refractivity (Wildman–Crippen MR) is 119 cm³/mol. The molecule has 6 atom stereocenters. The maximum absolute atomic E-state index is 12.8. The van der Waals surface area contributed by atoms with E-state index in [0.717, 1.165) is 42.7 Å². The van der Waals surface area contributed by atoms with Gasteiger partial charge in [-0.3, -0.25) is 0 Å². The van der Waals surface area contributed by atoms with Crippen LogP contribution in [0.4, 0.5) is 4.79 Å². The molecule has 5 rings (SSSR count). The summed E-state index contributed by atoms with van der Waals surface area (Å²) in [6, 6.07) is 7.95. The summed E-state index contributed by atoms with van der Waals surface area (Å²) in [4.78, 5) is 13.7. The monoisotopic (exact) mass is 429 g/mol. The lowest BCUT2D eigenvalue weighted by Crippen LogP contribution is -2.54. The summed E-state index contributed by atoms with van der Waals surface area (Å²) in [7, 11) is 0. The molecule has 30 heavy (non-hydrogen) atoms. The van der Waals surface area contributed by atoms with Crippen molar-refractivity contribution < 1.29 is 9.35 Å². The molecule has 164 valence electrons. The summed E-state index contributed by atoms with van der Waals surface area (Å²) in [5.74, 6) is 2.79. The molecule has 3 saturated carbocycles. The average Bonchev–Trinajstić information content (AvgIpc) is 3.26. The maximum atomic E-state index is 12.8. The molecule has 6 unspecified atom stereocenters. The first-order chi connectivity index (χ1) is 14.5. The molecule has 1 aromatic rings. The normalized spacial score (nSPS) is 36.5. The lowest BCUT2D eigenvalue weighted by atomic mass is 9.79. The van der Waals surface area contributed by atoms with Crippen LogP contribution in [0.25, 0.3) is 0 Å². The highest BCUT2D eigenvalue weighted by molar-refractivity contribution is 7.89. The minimum Gasteiger partial charge on any atom is -0.593 e. The molecule has 2 N–H and O–H groups in total. The predicted octanol–water partition coefficient (Wildman–Crippen LogP) is 4.00. The smallest absolute Gasteiger partial charge is 0.315 e. The number of amides is 2. The van der Waals surface area contributed by atoms with Gasteiger partial charge in [0.25, 0.3) is 0 Å². The Morgan fingerprint density at radius 1 is 1.20 bits per heavy atom. The van der Waals surface area contributed by atoms with Gasteiger partial charge in [0.2, 0.25) is 0 Å². The molecule has 0 aromatic heterocycles. The summed E-state index contributed by atoms with van der Waals surface area (Å²) in [5.41, 5.74) is 1.23. The SMILES string of the molecule is Cc1ccc([S+]([O-])N2CCC(CNC(=O)NC34CCCC5CC(CC3C5)C4)C2)cc1. The largest absolute Gasteiger partial charge is 0.593 e. The molecule has 0 radical (unpaired) electrons. The van der Waals surface area contributed by atoms with Gasteiger partial charge < -0.3 is 15.2 Å². The molecule has 1 saturated heterocycles. The summed E-state index contributed by atoms with van der Waals surface area (Å²) >= 11 is -1.11. The van der Waals surface area contributed by atoms with Crippen LogP contribution in [0.5, 0.6) is 0 Å². The Hall–Kier alpha value is -1.24. The zero-order chi connectivity index (χ0) is 20.7. The van der Waals surface area contributed by atoms with Crippen molar-refractivity contribution in [2.45, 2.75) is 68.7 Å². The van der Waals surface area contributed by atoms with Crippen LogP contribution in [0.15, 0.2) is 29.2 Å². The Morgan fingerprint density at radius 2 is 2.00 bits per heavy atom. The molecular formula is C24H35N3O2S. The second kappa shape index (κ2) is 8.36. The third-order valence-electron chi connectivity index (χ3n) is 8.19. The highest BCUT2D eigenvalue weighted by Crippen LogP contribution is 2.55. The highest BCUT2D eigenvalue weighted by Gasteiger charge is 2.52. The van der Waals surface area contributed by atoms with Gasteiger partial charge in [-0.2, -0.15) is 0 Å². The Labute approximate surface area is 183 Å². The molecule has 1 heterocycles. The lowest BCUT2D eigenvalue weighted by Gasteiger charge is -2.35. The van der Waals surface area contributed by atoms with E-state index < -0.39 is 11.4 Å². The number of benzene rings is 1. The molecule has 6 heteroatoms. The second-order valence-electron chi connectivity index (χ2n) is 10.3. The van der Waals surface area contributed by atoms with Crippen LogP contribution in [-0.4, -0.2) is 40.1 Å². The number of urea groups is 1. The highest BCUT2D eigenvalue weighted by atomic mass is 32.2. The Bertz CT molecular complexity index is 772. The summed E-state index contributed by atoms with van der Waals surface area (Å²) in [6.07, 6.45) is 9.97. The van der Waals surface area contributed by atoms with Crippen molar-refractivity contribution in [1.82, 2.24) is 14.9 Å². The molecule has 4 aliphatic rings. The lowest BCUT2D eigenvalue weighted by molar-refractivity contribution is 0.196. The number of hydrogen-bond donors (Lipinski definition) is 2. The standard InChI is InChI=1S/C24H35N3O2S/c1-17-4-6-22(7-5-17)30(29)27-10-8-19(16-27)15-25-23(28)26-24-9-2-3-18-11-20(14-24)13-21(24)12-18/h4-7,18-21H,2-3,8-16H2,1H3,(H2,25,26,28). The molecule has 1 aromatic carbocycles. The number of rotatable bonds is 5. The van der Waals surface area contributed by atoms with Crippen LogP contribution in [0.3, 0.4) is 0 Å². The third kappa shape index (κ3) is 4.11. The van der Waals surface area contributed by atoms with Crippen molar-refractivity contribution >= 4 is 17.4 Å². The van der Waals surface area contributed by atoms with Gasteiger partial charge in [-0.1, -0.05) is 30.5 Å². The van der Waals surface area contributed by atoms with Gasteiger partial charge in [0.05, 0.1) is 11.4 Å². The van der Waals surface area contributed by atoms with Crippen LogP contribution in [0.2, 0.25) is 0 Å². The maximum Gasteiger partial charge on any atom is 0.315 e. The quantitative estimate of drug-likeness (QED) is 0.695. The van der Waals surface area contributed by atoms with E-state index >= 15 is 0 Å². The first-order valence-electron chi connectivity index (χ1n) is 11.8. The summed E-state index contributed by atoms with van der Waals surface area (Å²) in [6.45, 7) is 4.31. The number of nitrogens with zero attached hydrogens (tertiary/aromatic N) is 1. The van der Waals surface area contributed by atoms with Gasteiger partial charge in [0.15, 0.2) is 4.90 Å². The van der Waals surface area contributed by atoms with Gasteiger partial charge in [-0.25, -0.2) is 4.79 Å². The first kappa shape index (κ1) is 20.7. The first-order valence-corrected chi connectivity index (χ1v) is 12.9. The van der Waals surface area contributed by atoms with Crippen LogP contribution < -0.4 is 10.6 Å². The van der Waals surface area contributed by atoms with E-state index in [-0.39, 0.29) is 11.6 Å².